The highest BCUT2D eigenvalue weighted by Crippen LogP contribution is 2.20. The van der Waals surface area contributed by atoms with E-state index in [1.807, 2.05) is 6.92 Å². The quantitative estimate of drug-likeness (QED) is 0.749. The fourth-order valence-electron chi connectivity index (χ4n) is 1.92. The lowest BCUT2D eigenvalue weighted by atomic mass is 10.2. The number of nitrogens with zero attached hydrogens (tertiary/aromatic N) is 2. The van der Waals surface area contributed by atoms with Crippen LogP contribution in [0.1, 0.15) is 23.2 Å². The molecule has 1 amide bonds. The van der Waals surface area contributed by atoms with Crippen LogP contribution in [0.15, 0.2) is 40.9 Å². The number of carbonyl (C=O) groups excluding carboxylic acids is 1. The van der Waals surface area contributed by atoms with Crippen molar-refractivity contribution in [2.75, 3.05) is 5.32 Å². The second-order valence-corrected chi connectivity index (χ2v) is 4.85. The van der Waals surface area contributed by atoms with Crippen molar-refractivity contribution in [3.63, 3.8) is 0 Å². The van der Waals surface area contributed by atoms with Crippen LogP contribution in [-0.4, -0.2) is 15.9 Å². The summed E-state index contributed by atoms with van der Waals surface area (Å²) < 4.78 is 5.53. The Bertz CT molecular complexity index is 796. The summed E-state index contributed by atoms with van der Waals surface area (Å²) in [4.78, 5) is 20.3. The summed E-state index contributed by atoms with van der Waals surface area (Å²) in [5.41, 5.74) is 2.52. The molecule has 5 nitrogen and oxygen atoms in total. The number of pyridine rings is 1. The SMILES string of the molecule is CCc1nc2cc(NC(=O)c3ccc(Cl)nc3)ccc2o1. The van der Waals surface area contributed by atoms with Crippen LogP contribution in [0.3, 0.4) is 0 Å². The predicted molar refractivity (Wildman–Crippen MR) is 80.6 cm³/mol. The van der Waals surface area contributed by atoms with Crippen molar-refractivity contribution in [2.24, 2.45) is 0 Å². The molecule has 2 aromatic heterocycles. The maximum atomic E-state index is 12.1. The number of aromatic nitrogens is 2. The van der Waals surface area contributed by atoms with Gasteiger partial charge in [-0.1, -0.05) is 18.5 Å². The largest absolute Gasteiger partial charge is 0.441 e. The van der Waals surface area contributed by atoms with Gasteiger partial charge in [0.1, 0.15) is 10.7 Å². The molecule has 0 aliphatic carbocycles. The van der Waals surface area contributed by atoms with Crippen molar-refractivity contribution < 1.29 is 9.21 Å². The predicted octanol–water partition coefficient (Wildman–Crippen LogP) is 3.69. The number of carbonyl (C=O) groups is 1. The molecule has 0 radical (unpaired) electrons. The Balaban J connectivity index is 1.83. The Morgan fingerprint density at radius 3 is 2.90 bits per heavy atom. The lowest BCUT2D eigenvalue weighted by Gasteiger charge is -2.04. The Morgan fingerprint density at radius 2 is 2.19 bits per heavy atom. The monoisotopic (exact) mass is 301 g/mol. The number of aryl methyl sites for hydroxylation is 1. The van der Waals surface area contributed by atoms with Crippen molar-refractivity contribution in [2.45, 2.75) is 13.3 Å². The zero-order valence-corrected chi connectivity index (χ0v) is 12.0. The van der Waals surface area contributed by atoms with E-state index in [1.54, 1.807) is 30.3 Å². The third-order valence-electron chi connectivity index (χ3n) is 2.98. The first-order chi connectivity index (χ1) is 10.2. The van der Waals surface area contributed by atoms with E-state index in [2.05, 4.69) is 15.3 Å². The van der Waals surface area contributed by atoms with Gasteiger partial charge in [-0.05, 0) is 30.3 Å². The number of halogens is 1. The van der Waals surface area contributed by atoms with Gasteiger partial charge in [-0.15, -0.1) is 0 Å². The first kappa shape index (κ1) is 13.6. The van der Waals surface area contributed by atoms with Crippen molar-refractivity contribution in [1.82, 2.24) is 9.97 Å². The van der Waals surface area contributed by atoms with Gasteiger partial charge in [0.05, 0.1) is 5.56 Å². The van der Waals surface area contributed by atoms with E-state index >= 15 is 0 Å². The Kier molecular flexibility index (Phi) is 3.58. The number of rotatable bonds is 3. The van der Waals surface area contributed by atoms with Crippen LogP contribution in [0.2, 0.25) is 5.15 Å². The summed E-state index contributed by atoms with van der Waals surface area (Å²) in [5.74, 6) is 0.424. The van der Waals surface area contributed by atoms with Crippen LogP contribution >= 0.6 is 11.6 Å². The van der Waals surface area contributed by atoms with Crippen molar-refractivity contribution in [3.05, 3.63) is 53.1 Å². The number of hydrogen-bond donors (Lipinski definition) is 1. The van der Waals surface area contributed by atoms with E-state index in [0.29, 0.717) is 27.9 Å². The van der Waals surface area contributed by atoms with E-state index < -0.39 is 0 Å². The van der Waals surface area contributed by atoms with Gasteiger partial charge in [-0.3, -0.25) is 4.79 Å². The van der Waals surface area contributed by atoms with E-state index in [9.17, 15) is 4.79 Å². The maximum absolute atomic E-state index is 12.1. The topological polar surface area (TPSA) is 68.0 Å². The third kappa shape index (κ3) is 2.87. The zero-order valence-electron chi connectivity index (χ0n) is 11.3. The molecule has 0 bridgehead atoms. The molecule has 0 saturated carbocycles. The van der Waals surface area contributed by atoms with Gasteiger partial charge in [0.15, 0.2) is 11.5 Å². The fourth-order valence-corrected chi connectivity index (χ4v) is 2.03. The molecule has 0 aliphatic rings. The van der Waals surface area contributed by atoms with Crippen LogP contribution in [-0.2, 0) is 6.42 Å². The Morgan fingerprint density at radius 1 is 1.33 bits per heavy atom. The molecule has 106 valence electrons. The summed E-state index contributed by atoms with van der Waals surface area (Å²) in [6, 6.07) is 8.53. The molecule has 0 aliphatic heterocycles. The van der Waals surface area contributed by atoms with Gasteiger partial charge in [0.2, 0.25) is 0 Å². The summed E-state index contributed by atoms with van der Waals surface area (Å²) in [6.45, 7) is 1.97. The molecule has 3 aromatic rings. The van der Waals surface area contributed by atoms with Gasteiger partial charge in [-0.25, -0.2) is 9.97 Å². The molecule has 0 atom stereocenters. The second kappa shape index (κ2) is 5.54. The van der Waals surface area contributed by atoms with Crippen molar-refractivity contribution >= 4 is 34.3 Å². The molecular weight excluding hydrogens is 290 g/mol. The minimum Gasteiger partial charge on any atom is -0.441 e. The molecule has 0 unspecified atom stereocenters. The van der Waals surface area contributed by atoms with Crippen LogP contribution in [0.25, 0.3) is 11.1 Å². The fraction of sp³-hybridized carbons (Fsp3) is 0.133. The molecule has 1 N–H and O–H groups in total. The van der Waals surface area contributed by atoms with E-state index in [4.69, 9.17) is 16.0 Å². The van der Waals surface area contributed by atoms with Gasteiger partial charge < -0.3 is 9.73 Å². The average Bonchev–Trinajstić information content (AvgIpc) is 2.90. The number of nitrogens with one attached hydrogen (secondary N) is 1. The number of benzene rings is 1. The van der Waals surface area contributed by atoms with Crippen LogP contribution in [0, 0.1) is 0 Å². The van der Waals surface area contributed by atoms with Gasteiger partial charge in [0, 0.05) is 18.3 Å². The second-order valence-electron chi connectivity index (χ2n) is 4.47. The van der Waals surface area contributed by atoms with Crippen LogP contribution in [0.4, 0.5) is 5.69 Å². The first-order valence-corrected chi connectivity index (χ1v) is 6.86. The molecule has 0 saturated heterocycles. The van der Waals surface area contributed by atoms with Crippen LogP contribution < -0.4 is 5.32 Å². The minimum absolute atomic E-state index is 0.252. The van der Waals surface area contributed by atoms with Crippen LogP contribution in [0.5, 0.6) is 0 Å². The van der Waals surface area contributed by atoms with E-state index in [-0.39, 0.29) is 5.91 Å². The smallest absolute Gasteiger partial charge is 0.257 e. The molecule has 6 heteroatoms. The first-order valence-electron chi connectivity index (χ1n) is 6.48. The molecular formula is C15H12ClN3O2. The number of fused-ring (bicyclic) bond motifs is 1. The average molecular weight is 302 g/mol. The van der Waals surface area contributed by atoms with Crippen molar-refractivity contribution in [1.29, 1.82) is 0 Å². The summed E-state index contributed by atoms with van der Waals surface area (Å²) in [6.07, 6.45) is 2.16. The maximum Gasteiger partial charge on any atom is 0.257 e. The van der Waals surface area contributed by atoms with E-state index in [1.165, 1.54) is 6.20 Å². The summed E-state index contributed by atoms with van der Waals surface area (Å²) in [7, 11) is 0. The highest BCUT2D eigenvalue weighted by molar-refractivity contribution is 6.29. The van der Waals surface area contributed by atoms with Gasteiger partial charge >= 0.3 is 0 Å². The van der Waals surface area contributed by atoms with E-state index in [0.717, 1.165) is 11.9 Å². The lowest BCUT2D eigenvalue weighted by molar-refractivity contribution is 0.102. The molecule has 2 heterocycles. The number of oxazole rings is 1. The number of hydrogen-bond acceptors (Lipinski definition) is 4. The molecule has 3 rings (SSSR count). The third-order valence-corrected chi connectivity index (χ3v) is 3.21. The number of anilines is 1. The minimum atomic E-state index is -0.252. The lowest BCUT2D eigenvalue weighted by Crippen LogP contribution is -2.11. The van der Waals surface area contributed by atoms with Gasteiger partial charge in [-0.2, -0.15) is 0 Å². The van der Waals surface area contributed by atoms with Crippen molar-refractivity contribution in [3.8, 4) is 0 Å². The molecule has 21 heavy (non-hydrogen) atoms. The van der Waals surface area contributed by atoms with Gasteiger partial charge in [0.25, 0.3) is 5.91 Å². The highest BCUT2D eigenvalue weighted by Gasteiger charge is 2.09. The highest BCUT2D eigenvalue weighted by atomic mass is 35.5. The summed E-state index contributed by atoms with van der Waals surface area (Å²) in [5, 5.41) is 3.14. The number of amides is 1. The summed E-state index contributed by atoms with van der Waals surface area (Å²) >= 11 is 5.70. The molecule has 0 fully saturated rings. The zero-order chi connectivity index (χ0) is 14.8. The Hall–Kier alpha value is -2.40. The normalized spacial score (nSPS) is 10.8. The molecule has 1 aromatic carbocycles. The molecule has 0 spiro atoms. The standard InChI is InChI=1S/C15H12ClN3O2/c1-2-14-19-11-7-10(4-5-12(11)21-14)18-15(20)9-3-6-13(16)17-8-9/h3-8H,2H2,1H3,(H,18,20). The Labute approximate surface area is 126 Å².